The highest BCUT2D eigenvalue weighted by Gasteiger charge is 2.12. The van der Waals surface area contributed by atoms with E-state index in [1.54, 1.807) is 7.11 Å². The molecule has 0 spiro atoms. The first kappa shape index (κ1) is 13.1. The van der Waals surface area contributed by atoms with Crippen molar-refractivity contribution in [2.75, 3.05) is 20.3 Å². The molecule has 0 atom stereocenters. The van der Waals surface area contributed by atoms with Gasteiger partial charge in [-0.15, -0.1) is 0 Å². The first-order valence-corrected chi connectivity index (χ1v) is 6.29. The zero-order valence-corrected chi connectivity index (χ0v) is 9.76. The van der Waals surface area contributed by atoms with Gasteiger partial charge in [0.25, 0.3) is 0 Å². The van der Waals surface area contributed by atoms with Gasteiger partial charge >= 0.3 is 0 Å². The molecule has 0 aliphatic heterocycles. The van der Waals surface area contributed by atoms with Gasteiger partial charge in [-0.25, -0.2) is 17.5 Å². The fraction of sp³-hybridized carbons (Fsp3) is 0.400. The molecule has 0 heterocycles. The van der Waals surface area contributed by atoms with Gasteiger partial charge in [0.15, 0.2) is 0 Å². The number of hydrogen-bond donors (Lipinski definition) is 1. The monoisotopic (exact) mass is 247 g/mol. The summed E-state index contributed by atoms with van der Waals surface area (Å²) in [6, 6.07) is 4.69. The van der Waals surface area contributed by atoms with Crippen LogP contribution in [0.4, 0.5) is 4.39 Å². The molecule has 4 nitrogen and oxygen atoms in total. The summed E-state index contributed by atoms with van der Waals surface area (Å²) >= 11 is 0. The van der Waals surface area contributed by atoms with Crippen LogP contribution in [0.1, 0.15) is 6.42 Å². The Hall–Kier alpha value is -0.980. The number of benzene rings is 1. The van der Waals surface area contributed by atoms with Crippen LogP contribution in [0.2, 0.25) is 0 Å². The molecule has 1 N–H and O–H groups in total. The highest BCUT2D eigenvalue weighted by Crippen LogP contribution is 2.09. The predicted octanol–water partition coefficient (Wildman–Crippen LogP) is 1.14. The molecule has 90 valence electrons. The maximum atomic E-state index is 12.6. The molecule has 0 saturated carbocycles. The fourth-order valence-electron chi connectivity index (χ4n) is 1.12. The van der Waals surface area contributed by atoms with E-state index in [0.29, 0.717) is 19.6 Å². The minimum Gasteiger partial charge on any atom is -0.385 e. The first-order valence-electron chi connectivity index (χ1n) is 4.80. The van der Waals surface area contributed by atoms with Gasteiger partial charge in [0, 0.05) is 20.3 Å². The normalized spacial score (nSPS) is 11.6. The van der Waals surface area contributed by atoms with Gasteiger partial charge in [-0.1, -0.05) is 0 Å². The first-order chi connectivity index (χ1) is 7.56. The molecule has 0 saturated heterocycles. The largest absolute Gasteiger partial charge is 0.385 e. The number of ether oxygens (including phenoxy) is 1. The average molecular weight is 247 g/mol. The number of halogens is 1. The zero-order valence-electron chi connectivity index (χ0n) is 8.94. The van der Waals surface area contributed by atoms with Crippen LogP contribution < -0.4 is 4.72 Å². The van der Waals surface area contributed by atoms with Crippen molar-refractivity contribution in [1.82, 2.24) is 4.72 Å². The van der Waals surface area contributed by atoms with Crippen molar-refractivity contribution in [3.8, 4) is 0 Å². The van der Waals surface area contributed by atoms with Gasteiger partial charge < -0.3 is 4.74 Å². The Balaban J connectivity index is 2.60. The van der Waals surface area contributed by atoms with E-state index in [1.807, 2.05) is 0 Å². The molecule has 0 amide bonds. The van der Waals surface area contributed by atoms with Crippen LogP contribution in [-0.2, 0) is 14.8 Å². The second kappa shape index (κ2) is 5.93. The van der Waals surface area contributed by atoms with E-state index in [9.17, 15) is 12.8 Å². The van der Waals surface area contributed by atoms with Crippen LogP contribution in [0.5, 0.6) is 0 Å². The number of hydrogen-bond acceptors (Lipinski definition) is 3. The maximum absolute atomic E-state index is 12.6. The number of sulfonamides is 1. The lowest BCUT2D eigenvalue weighted by Crippen LogP contribution is -2.25. The van der Waals surface area contributed by atoms with Crippen LogP contribution in [0.25, 0.3) is 0 Å². The lowest BCUT2D eigenvalue weighted by molar-refractivity contribution is 0.196. The van der Waals surface area contributed by atoms with Crippen LogP contribution in [0.3, 0.4) is 0 Å². The molecular formula is C10H14FNO3S. The van der Waals surface area contributed by atoms with E-state index in [4.69, 9.17) is 4.74 Å². The van der Waals surface area contributed by atoms with Crippen molar-refractivity contribution in [1.29, 1.82) is 0 Å². The Bertz CT molecular complexity index is 416. The molecular weight excluding hydrogens is 233 g/mol. The SMILES string of the molecule is COCCCNS(=O)(=O)c1ccc(F)cc1. The van der Waals surface area contributed by atoms with E-state index in [1.165, 1.54) is 12.1 Å². The molecule has 1 rings (SSSR count). The van der Waals surface area contributed by atoms with Crippen molar-refractivity contribution in [3.63, 3.8) is 0 Å². The van der Waals surface area contributed by atoms with E-state index < -0.39 is 15.8 Å². The molecule has 0 radical (unpaired) electrons. The minimum absolute atomic E-state index is 0.0614. The molecule has 0 unspecified atom stereocenters. The standard InChI is InChI=1S/C10H14FNO3S/c1-15-8-2-7-12-16(13,14)10-5-3-9(11)4-6-10/h3-6,12H,2,7-8H2,1H3. The molecule has 1 aromatic carbocycles. The summed E-state index contributed by atoms with van der Waals surface area (Å²) in [4.78, 5) is 0.0614. The molecule has 0 bridgehead atoms. The van der Waals surface area contributed by atoms with Crippen molar-refractivity contribution < 1.29 is 17.5 Å². The Labute approximate surface area is 94.5 Å². The van der Waals surface area contributed by atoms with Gasteiger partial charge in [-0.3, -0.25) is 0 Å². The average Bonchev–Trinajstić information content (AvgIpc) is 2.25. The maximum Gasteiger partial charge on any atom is 0.240 e. The predicted molar refractivity (Wildman–Crippen MR) is 58.1 cm³/mol. The second-order valence-corrected chi connectivity index (χ2v) is 4.97. The summed E-state index contributed by atoms with van der Waals surface area (Å²) in [7, 11) is -1.98. The third kappa shape index (κ3) is 3.88. The number of methoxy groups -OCH3 is 1. The molecule has 0 aliphatic carbocycles. The Morgan fingerprint density at radius 3 is 2.50 bits per heavy atom. The summed E-state index contributed by atoms with van der Waals surface area (Å²) < 4.78 is 43.1. The van der Waals surface area contributed by atoms with Crippen molar-refractivity contribution in [3.05, 3.63) is 30.1 Å². The zero-order chi connectivity index (χ0) is 12.0. The van der Waals surface area contributed by atoms with Crippen LogP contribution in [0, 0.1) is 5.82 Å². The molecule has 6 heteroatoms. The smallest absolute Gasteiger partial charge is 0.240 e. The topological polar surface area (TPSA) is 55.4 Å². The minimum atomic E-state index is -3.53. The van der Waals surface area contributed by atoms with E-state index in [0.717, 1.165) is 12.1 Å². The van der Waals surface area contributed by atoms with E-state index in [-0.39, 0.29) is 4.90 Å². The van der Waals surface area contributed by atoms with Gasteiger partial charge in [-0.05, 0) is 30.7 Å². The Morgan fingerprint density at radius 2 is 1.94 bits per heavy atom. The summed E-state index contributed by atoms with van der Waals surface area (Å²) in [5.74, 6) is -0.460. The molecule has 0 fully saturated rings. The quantitative estimate of drug-likeness (QED) is 0.767. The van der Waals surface area contributed by atoms with Crippen molar-refractivity contribution in [2.24, 2.45) is 0 Å². The summed E-state index contributed by atoms with van der Waals surface area (Å²) in [6.07, 6.45) is 0.594. The van der Waals surface area contributed by atoms with Crippen LogP contribution in [-0.4, -0.2) is 28.7 Å². The molecule has 0 aliphatic rings. The van der Waals surface area contributed by atoms with Crippen molar-refractivity contribution >= 4 is 10.0 Å². The summed E-state index contributed by atoms with van der Waals surface area (Å²) in [6.45, 7) is 0.791. The fourth-order valence-corrected chi connectivity index (χ4v) is 2.19. The highest BCUT2D eigenvalue weighted by molar-refractivity contribution is 7.89. The lowest BCUT2D eigenvalue weighted by atomic mass is 10.4. The Kier molecular flexibility index (Phi) is 4.85. The highest BCUT2D eigenvalue weighted by atomic mass is 32.2. The summed E-state index contributed by atoms with van der Waals surface area (Å²) in [5, 5.41) is 0. The lowest BCUT2D eigenvalue weighted by Gasteiger charge is -2.06. The van der Waals surface area contributed by atoms with E-state index in [2.05, 4.69) is 4.72 Å². The molecule has 0 aromatic heterocycles. The number of nitrogens with one attached hydrogen (secondary N) is 1. The van der Waals surface area contributed by atoms with Gasteiger partial charge in [0.05, 0.1) is 4.90 Å². The third-order valence-corrected chi connectivity index (χ3v) is 3.42. The van der Waals surface area contributed by atoms with Gasteiger partial charge in [-0.2, -0.15) is 0 Å². The second-order valence-electron chi connectivity index (χ2n) is 3.20. The van der Waals surface area contributed by atoms with E-state index >= 15 is 0 Å². The van der Waals surface area contributed by atoms with Crippen LogP contribution >= 0.6 is 0 Å². The number of rotatable bonds is 6. The van der Waals surface area contributed by atoms with Gasteiger partial charge in [0.1, 0.15) is 5.82 Å². The molecule has 1 aromatic rings. The molecule has 16 heavy (non-hydrogen) atoms. The third-order valence-electron chi connectivity index (χ3n) is 1.94. The van der Waals surface area contributed by atoms with Crippen molar-refractivity contribution in [2.45, 2.75) is 11.3 Å². The van der Waals surface area contributed by atoms with Crippen LogP contribution in [0.15, 0.2) is 29.2 Å². The Morgan fingerprint density at radius 1 is 1.31 bits per heavy atom. The summed E-state index contributed by atoms with van der Waals surface area (Å²) in [5.41, 5.74) is 0. The van der Waals surface area contributed by atoms with Gasteiger partial charge in [0.2, 0.25) is 10.0 Å².